The van der Waals surface area contributed by atoms with Crippen molar-refractivity contribution < 1.29 is 0 Å². The maximum absolute atomic E-state index is 4.59. The molecule has 1 heterocycles. The zero-order valence-corrected chi connectivity index (χ0v) is 14.1. The quantitative estimate of drug-likeness (QED) is 0.515. The van der Waals surface area contributed by atoms with Crippen molar-refractivity contribution in [2.45, 2.75) is 20.0 Å². The van der Waals surface area contributed by atoms with E-state index in [2.05, 4.69) is 25.4 Å². The summed E-state index contributed by atoms with van der Waals surface area (Å²) in [6.45, 7) is 2.93. The largest absolute Gasteiger partial charge is 0.254 e. The maximum Gasteiger partial charge on any atom is 0.102 e. The van der Waals surface area contributed by atoms with E-state index in [1.165, 1.54) is 0 Å². The van der Waals surface area contributed by atoms with E-state index in [9.17, 15) is 0 Å². The fourth-order valence-electron chi connectivity index (χ4n) is 2.35. The molecule has 2 aromatic carbocycles. The minimum absolute atomic E-state index is 0.444. The van der Waals surface area contributed by atoms with Gasteiger partial charge in [0.1, 0.15) is 13.1 Å². The van der Waals surface area contributed by atoms with Gasteiger partial charge in [-0.3, -0.25) is 4.98 Å². The van der Waals surface area contributed by atoms with Crippen LogP contribution in [0.4, 0.5) is 11.4 Å². The molecule has 0 saturated carbocycles. The first-order chi connectivity index (χ1) is 12.3. The molecule has 3 rings (SSSR count). The molecule has 0 aliphatic carbocycles. The Morgan fingerprint density at radius 2 is 1.12 bits per heavy atom. The van der Waals surface area contributed by atoms with Gasteiger partial charge in [-0.1, -0.05) is 36.4 Å². The zero-order valence-electron chi connectivity index (χ0n) is 14.1. The molecule has 25 heavy (non-hydrogen) atoms. The van der Waals surface area contributed by atoms with Gasteiger partial charge in [0.2, 0.25) is 0 Å². The van der Waals surface area contributed by atoms with Crippen LogP contribution in [0.15, 0.2) is 93.3 Å². The Balaban J connectivity index is 1.64. The lowest BCUT2D eigenvalue weighted by Crippen LogP contribution is -1.95. The molecule has 0 unspecified atom stereocenters. The third kappa shape index (κ3) is 5.42. The Bertz CT molecular complexity index is 788. The van der Waals surface area contributed by atoms with Crippen LogP contribution in [0.2, 0.25) is 0 Å². The summed E-state index contributed by atoms with van der Waals surface area (Å²) in [5, 5.41) is 16.9. The van der Waals surface area contributed by atoms with Crippen molar-refractivity contribution in [1.29, 1.82) is 0 Å². The van der Waals surface area contributed by atoms with Gasteiger partial charge in [-0.25, -0.2) is 0 Å². The van der Waals surface area contributed by atoms with E-state index >= 15 is 0 Å². The maximum atomic E-state index is 4.59. The summed E-state index contributed by atoms with van der Waals surface area (Å²) in [5.41, 5.74) is 4.57. The van der Waals surface area contributed by atoms with Crippen molar-refractivity contribution in [3.8, 4) is 0 Å². The number of hydrogen-bond acceptors (Lipinski definition) is 5. The third-order valence-corrected chi connectivity index (χ3v) is 3.43. The van der Waals surface area contributed by atoms with E-state index in [0.29, 0.717) is 13.1 Å². The highest BCUT2D eigenvalue weighted by atomic mass is 15.1. The second kappa shape index (κ2) is 8.59. The highest BCUT2D eigenvalue weighted by Crippen LogP contribution is 2.14. The van der Waals surface area contributed by atoms with Crippen molar-refractivity contribution in [3.05, 3.63) is 89.7 Å². The lowest BCUT2D eigenvalue weighted by atomic mass is 10.2. The van der Waals surface area contributed by atoms with E-state index in [-0.39, 0.29) is 0 Å². The minimum Gasteiger partial charge on any atom is -0.254 e. The smallest absolute Gasteiger partial charge is 0.102 e. The summed E-state index contributed by atoms with van der Waals surface area (Å²) < 4.78 is 0. The normalized spacial score (nSPS) is 11.4. The minimum atomic E-state index is 0.444. The van der Waals surface area contributed by atoms with Crippen LogP contribution in [-0.2, 0) is 13.1 Å². The summed E-state index contributed by atoms with van der Waals surface area (Å²) in [4.78, 5) is 4.59. The van der Waals surface area contributed by atoms with Gasteiger partial charge < -0.3 is 0 Å². The van der Waals surface area contributed by atoms with Crippen LogP contribution < -0.4 is 0 Å². The molecule has 0 N–H and O–H groups in total. The van der Waals surface area contributed by atoms with Gasteiger partial charge in [0.05, 0.1) is 22.8 Å². The van der Waals surface area contributed by atoms with E-state index in [4.69, 9.17) is 0 Å². The van der Waals surface area contributed by atoms with E-state index < -0.39 is 0 Å². The standard InChI is InChI=1S/C20H19N5/c1-16-12-19(14-21-24-17-8-4-2-5-9-17)23-20(13-16)15-22-25-18-10-6-3-7-11-18/h2-13H,14-15H2,1H3. The molecule has 0 atom stereocenters. The highest BCUT2D eigenvalue weighted by Gasteiger charge is 2.00. The Kier molecular flexibility index (Phi) is 5.72. The monoisotopic (exact) mass is 329 g/mol. The summed E-state index contributed by atoms with van der Waals surface area (Å²) in [5.74, 6) is 0. The molecule has 0 aliphatic heterocycles. The van der Waals surface area contributed by atoms with Gasteiger partial charge in [-0.15, -0.1) is 0 Å². The van der Waals surface area contributed by atoms with Crippen LogP contribution >= 0.6 is 0 Å². The van der Waals surface area contributed by atoms with Gasteiger partial charge in [-0.05, 0) is 48.9 Å². The Morgan fingerprint density at radius 3 is 1.56 bits per heavy atom. The topological polar surface area (TPSA) is 62.3 Å². The third-order valence-electron chi connectivity index (χ3n) is 3.43. The fourth-order valence-corrected chi connectivity index (χ4v) is 2.35. The number of benzene rings is 2. The molecule has 1 aromatic heterocycles. The van der Waals surface area contributed by atoms with Gasteiger partial charge in [0, 0.05) is 0 Å². The first-order valence-corrected chi connectivity index (χ1v) is 8.11. The van der Waals surface area contributed by atoms with E-state index in [1.807, 2.05) is 79.7 Å². The van der Waals surface area contributed by atoms with E-state index in [1.54, 1.807) is 0 Å². The number of aryl methyl sites for hydroxylation is 1. The summed E-state index contributed by atoms with van der Waals surface area (Å²) >= 11 is 0. The number of nitrogens with zero attached hydrogens (tertiary/aromatic N) is 5. The molecule has 0 aliphatic rings. The predicted octanol–water partition coefficient (Wildman–Crippen LogP) is 5.96. The van der Waals surface area contributed by atoms with Crippen LogP contribution in [0.25, 0.3) is 0 Å². The van der Waals surface area contributed by atoms with Crippen molar-refractivity contribution >= 4 is 11.4 Å². The second-order valence-electron chi connectivity index (χ2n) is 5.60. The average Bonchev–Trinajstić information content (AvgIpc) is 2.63. The average molecular weight is 329 g/mol. The molecule has 0 fully saturated rings. The van der Waals surface area contributed by atoms with Crippen LogP contribution in [0.1, 0.15) is 17.0 Å². The van der Waals surface area contributed by atoms with Crippen molar-refractivity contribution in [2.75, 3.05) is 0 Å². The molecular formula is C20H19N5. The molecule has 0 spiro atoms. The van der Waals surface area contributed by atoms with Crippen LogP contribution in [0, 0.1) is 6.92 Å². The van der Waals surface area contributed by atoms with Crippen molar-refractivity contribution in [1.82, 2.24) is 4.98 Å². The summed E-state index contributed by atoms with van der Waals surface area (Å²) in [7, 11) is 0. The lowest BCUT2D eigenvalue weighted by molar-refractivity contribution is 0.855. The second-order valence-corrected chi connectivity index (χ2v) is 5.60. The number of rotatable bonds is 6. The van der Waals surface area contributed by atoms with Gasteiger partial charge in [0.25, 0.3) is 0 Å². The molecule has 0 amide bonds. The van der Waals surface area contributed by atoms with Crippen LogP contribution in [0.5, 0.6) is 0 Å². The number of aromatic nitrogens is 1. The van der Waals surface area contributed by atoms with Crippen LogP contribution in [-0.4, -0.2) is 4.98 Å². The summed E-state index contributed by atoms with van der Waals surface area (Å²) in [6, 6.07) is 23.4. The first-order valence-electron chi connectivity index (χ1n) is 8.11. The number of pyridine rings is 1. The molecular weight excluding hydrogens is 310 g/mol. The Morgan fingerprint density at radius 1 is 0.680 bits per heavy atom. The Labute approximate surface area is 147 Å². The molecule has 5 nitrogen and oxygen atoms in total. The van der Waals surface area contributed by atoms with Gasteiger partial charge >= 0.3 is 0 Å². The Hall–Kier alpha value is -3.21. The molecule has 0 radical (unpaired) electrons. The van der Waals surface area contributed by atoms with E-state index in [0.717, 1.165) is 28.3 Å². The number of hydrogen-bond donors (Lipinski definition) is 0. The summed E-state index contributed by atoms with van der Waals surface area (Å²) in [6.07, 6.45) is 0. The predicted molar refractivity (Wildman–Crippen MR) is 98.3 cm³/mol. The van der Waals surface area contributed by atoms with Crippen molar-refractivity contribution in [3.63, 3.8) is 0 Å². The zero-order chi connectivity index (χ0) is 17.3. The molecule has 124 valence electrons. The SMILES string of the molecule is Cc1cc(CN=Nc2ccccc2)nc(CN=Nc2ccccc2)c1. The van der Waals surface area contributed by atoms with Gasteiger partial charge in [0.15, 0.2) is 0 Å². The molecule has 0 bridgehead atoms. The first kappa shape index (κ1) is 16.6. The van der Waals surface area contributed by atoms with Crippen molar-refractivity contribution in [2.24, 2.45) is 20.5 Å². The lowest BCUT2D eigenvalue weighted by Gasteiger charge is -2.02. The molecule has 5 heteroatoms. The fraction of sp³-hybridized carbons (Fsp3) is 0.150. The molecule has 3 aromatic rings. The highest BCUT2D eigenvalue weighted by molar-refractivity contribution is 5.35. The van der Waals surface area contributed by atoms with Gasteiger partial charge in [-0.2, -0.15) is 20.5 Å². The molecule has 0 saturated heterocycles. The van der Waals surface area contributed by atoms with Crippen LogP contribution in [0.3, 0.4) is 0 Å². The number of azo groups is 2.